The Balaban J connectivity index is 1.60. The molecule has 2 atom stereocenters. The van der Waals surface area contributed by atoms with Crippen LogP contribution in [0, 0.1) is 0 Å². The van der Waals surface area contributed by atoms with Crippen LogP contribution in [-0.4, -0.2) is 63.3 Å². The van der Waals surface area contributed by atoms with Gasteiger partial charge in [-0.15, -0.1) is 11.8 Å². The van der Waals surface area contributed by atoms with Gasteiger partial charge in [0.05, 0.1) is 0 Å². The zero-order valence-corrected chi connectivity index (χ0v) is 24.8. The Labute approximate surface area is 245 Å². The number of carbonyl (C=O) groups is 2. The predicted octanol–water partition coefficient (Wildman–Crippen LogP) is 5.37. The summed E-state index contributed by atoms with van der Waals surface area (Å²) < 4.78 is 28.8. The number of para-hydroxylation sites is 2. The van der Waals surface area contributed by atoms with E-state index in [4.69, 9.17) is 48.6 Å². The van der Waals surface area contributed by atoms with Crippen molar-refractivity contribution >= 4 is 66.2 Å². The first-order chi connectivity index (χ1) is 18.5. The molecule has 2 aliphatic rings. The number of benzene rings is 2. The number of allylic oxidation sites excluding steroid dienone is 1. The zero-order chi connectivity index (χ0) is 28.2. The number of amides is 1. The van der Waals surface area contributed by atoms with E-state index >= 15 is 0 Å². The quantitative estimate of drug-likeness (QED) is 0.161. The third kappa shape index (κ3) is 7.66. The van der Waals surface area contributed by atoms with E-state index in [9.17, 15) is 14.2 Å². The Hall–Kier alpha value is -2.33. The van der Waals surface area contributed by atoms with Crippen LogP contribution in [0.4, 0.5) is 0 Å². The molecule has 0 radical (unpaired) electrons. The second-order valence-electron chi connectivity index (χ2n) is 8.67. The molecular formula is C25H25Cl3N3O6PS. The van der Waals surface area contributed by atoms with E-state index in [-0.39, 0.29) is 17.2 Å². The highest BCUT2D eigenvalue weighted by Crippen LogP contribution is 2.49. The smallest absolute Gasteiger partial charge is 0.456 e. The van der Waals surface area contributed by atoms with Gasteiger partial charge in [0.2, 0.25) is 9.70 Å². The second kappa shape index (κ2) is 12.5. The number of ether oxygens (including phenoxy) is 1. The van der Waals surface area contributed by atoms with Crippen molar-refractivity contribution in [3.8, 4) is 11.5 Å². The van der Waals surface area contributed by atoms with E-state index in [1.165, 1.54) is 16.7 Å². The maximum Gasteiger partial charge on any atom is 0.513 e. The van der Waals surface area contributed by atoms with Gasteiger partial charge in [-0.25, -0.2) is 9.36 Å². The molecule has 4 rings (SSSR count). The Morgan fingerprint density at radius 1 is 1.10 bits per heavy atom. The van der Waals surface area contributed by atoms with Crippen LogP contribution in [0.1, 0.15) is 0 Å². The largest absolute Gasteiger partial charge is 0.513 e. The summed E-state index contributed by atoms with van der Waals surface area (Å²) in [4.78, 5) is 29.6. The van der Waals surface area contributed by atoms with Gasteiger partial charge < -0.3 is 18.7 Å². The number of alkyl halides is 3. The van der Waals surface area contributed by atoms with E-state index < -0.39 is 41.4 Å². The molecule has 9 nitrogen and oxygen atoms in total. The van der Waals surface area contributed by atoms with Gasteiger partial charge in [-0.3, -0.25) is 9.69 Å². The van der Waals surface area contributed by atoms with E-state index in [2.05, 4.69) is 5.09 Å². The summed E-state index contributed by atoms with van der Waals surface area (Å²) in [6.45, 7) is -0.503. The summed E-state index contributed by atoms with van der Waals surface area (Å²) >= 11 is 18.6. The van der Waals surface area contributed by atoms with Crippen molar-refractivity contribution in [3.63, 3.8) is 0 Å². The minimum atomic E-state index is -4.12. The van der Waals surface area contributed by atoms with Gasteiger partial charge in [-0.05, 0) is 42.1 Å². The fraction of sp³-hybridized carbons (Fsp3) is 0.280. The third-order valence-electron chi connectivity index (χ3n) is 5.37. The van der Waals surface area contributed by atoms with Crippen molar-refractivity contribution in [2.45, 2.75) is 15.2 Å². The zero-order valence-electron chi connectivity index (χ0n) is 20.8. The Bertz CT molecular complexity index is 1260. The molecule has 0 bridgehead atoms. The maximum absolute atomic E-state index is 13.9. The van der Waals surface area contributed by atoms with Gasteiger partial charge in [0, 0.05) is 19.8 Å². The van der Waals surface area contributed by atoms with E-state index in [0.717, 1.165) is 0 Å². The summed E-state index contributed by atoms with van der Waals surface area (Å²) in [5.41, 5.74) is 0.576. The first kappa shape index (κ1) is 29.6. The van der Waals surface area contributed by atoms with Gasteiger partial charge in [0.1, 0.15) is 35.2 Å². The molecule has 0 saturated carbocycles. The number of esters is 1. The summed E-state index contributed by atoms with van der Waals surface area (Å²) in [6.07, 6.45) is 3.46. The number of hydrogen-bond donors (Lipinski definition) is 1. The van der Waals surface area contributed by atoms with Gasteiger partial charge in [0.25, 0.3) is 0 Å². The molecule has 2 aromatic rings. The molecule has 2 heterocycles. The number of thioether (sulfide) groups is 1. The molecule has 14 heteroatoms. The van der Waals surface area contributed by atoms with Crippen LogP contribution < -0.4 is 14.1 Å². The molecule has 0 aromatic heterocycles. The predicted molar refractivity (Wildman–Crippen MR) is 153 cm³/mol. The summed E-state index contributed by atoms with van der Waals surface area (Å²) in [5.74, 6) is -0.399. The van der Waals surface area contributed by atoms with Crippen molar-refractivity contribution in [3.05, 3.63) is 84.2 Å². The number of rotatable bonds is 10. The Morgan fingerprint density at radius 3 is 2.18 bits per heavy atom. The highest BCUT2D eigenvalue weighted by molar-refractivity contribution is 8.00. The molecule has 208 valence electrons. The number of fused-ring (bicyclic) bond motifs is 1. The molecule has 1 fully saturated rings. The molecule has 1 amide bonds. The number of halogens is 3. The van der Waals surface area contributed by atoms with E-state index in [0.29, 0.717) is 11.3 Å². The first-order valence-corrected chi connectivity index (χ1v) is 15.3. The maximum atomic E-state index is 13.9. The lowest BCUT2D eigenvalue weighted by Crippen LogP contribution is -2.69. The van der Waals surface area contributed by atoms with Crippen molar-refractivity contribution in [1.29, 1.82) is 0 Å². The standard InChI is InChI=1S/C25H25Cl3N3O6PS/c1-30(2)14-13-17-15-39-23-20(22(32)31(23)21(17)24(33)35-16-25(26,27)28)29-38(34,36-18-9-5-3-6-10-18)37-19-11-7-4-8-12-19/h3-14,20,23H,15-16H2,1-2H3,(H,29,34). The fourth-order valence-electron chi connectivity index (χ4n) is 3.68. The Kier molecular flexibility index (Phi) is 9.47. The summed E-state index contributed by atoms with van der Waals surface area (Å²) in [5, 5.41) is 2.19. The van der Waals surface area contributed by atoms with Crippen LogP contribution in [0.25, 0.3) is 0 Å². The van der Waals surface area contributed by atoms with E-state index in [1.54, 1.807) is 77.8 Å². The molecule has 2 aromatic carbocycles. The molecule has 0 aliphatic carbocycles. The lowest BCUT2D eigenvalue weighted by atomic mass is 10.0. The molecule has 2 aliphatic heterocycles. The molecule has 1 saturated heterocycles. The highest BCUT2D eigenvalue weighted by Gasteiger charge is 2.56. The number of carbonyl (C=O) groups excluding carboxylic acids is 2. The minimum absolute atomic E-state index is 0.0249. The third-order valence-corrected chi connectivity index (χ3v) is 8.49. The van der Waals surface area contributed by atoms with Gasteiger partial charge >= 0.3 is 13.7 Å². The van der Waals surface area contributed by atoms with Crippen LogP contribution >= 0.6 is 54.3 Å². The average Bonchev–Trinajstić information content (AvgIpc) is 2.89. The van der Waals surface area contributed by atoms with Gasteiger partial charge in [0.15, 0.2) is 0 Å². The summed E-state index contributed by atoms with van der Waals surface area (Å²) in [6, 6.07) is 16.0. The molecule has 1 N–H and O–H groups in total. The first-order valence-electron chi connectivity index (χ1n) is 11.6. The van der Waals surface area contributed by atoms with Crippen LogP contribution in [0.15, 0.2) is 84.2 Å². The molecule has 0 spiro atoms. The Morgan fingerprint density at radius 2 is 1.67 bits per heavy atom. The van der Waals surface area contributed by atoms with Crippen LogP contribution in [0.3, 0.4) is 0 Å². The number of β-lactam (4-membered cyclic amide) rings is 1. The number of nitrogens with zero attached hydrogens (tertiary/aromatic N) is 2. The van der Waals surface area contributed by atoms with Crippen LogP contribution in [0.2, 0.25) is 0 Å². The van der Waals surface area contributed by atoms with Crippen molar-refractivity contribution in [1.82, 2.24) is 14.9 Å². The van der Waals surface area contributed by atoms with E-state index in [1.807, 2.05) is 14.1 Å². The molecular weight excluding hydrogens is 608 g/mol. The fourth-order valence-corrected chi connectivity index (χ4v) is 6.80. The monoisotopic (exact) mass is 631 g/mol. The molecule has 2 unspecified atom stereocenters. The number of nitrogens with one attached hydrogen (secondary N) is 1. The minimum Gasteiger partial charge on any atom is -0.456 e. The normalized spacial score (nSPS) is 19.4. The topological polar surface area (TPSA) is 97.4 Å². The van der Waals surface area contributed by atoms with Gasteiger partial charge in [-0.1, -0.05) is 71.2 Å². The van der Waals surface area contributed by atoms with Crippen molar-refractivity contribution in [2.24, 2.45) is 0 Å². The number of hydrogen-bond acceptors (Lipinski definition) is 8. The van der Waals surface area contributed by atoms with Crippen molar-refractivity contribution in [2.75, 3.05) is 26.5 Å². The van der Waals surface area contributed by atoms with Gasteiger partial charge in [-0.2, -0.15) is 5.09 Å². The molecule has 39 heavy (non-hydrogen) atoms. The van der Waals surface area contributed by atoms with Crippen LogP contribution in [-0.2, 0) is 18.9 Å². The second-order valence-corrected chi connectivity index (χ2v) is 13.9. The SMILES string of the molecule is CN(C)C=CC1=C(C(=O)OCC(Cl)(Cl)Cl)N2C(=O)C(NP(=O)(Oc3ccccc3)Oc3ccccc3)C2SC1. The van der Waals surface area contributed by atoms with Crippen molar-refractivity contribution < 1.29 is 27.9 Å². The lowest BCUT2D eigenvalue weighted by Gasteiger charge is -2.49. The highest BCUT2D eigenvalue weighted by atomic mass is 35.6. The lowest BCUT2D eigenvalue weighted by molar-refractivity contribution is -0.151. The summed E-state index contributed by atoms with van der Waals surface area (Å²) in [7, 11) is -0.477. The van der Waals surface area contributed by atoms with Crippen LogP contribution in [0.5, 0.6) is 11.5 Å². The average molecular weight is 633 g/mol.